The Balaban J connectivity index is 2.82. The number of anilines is 1. The molecule has 0 saturated carbocycles. The largest absolute Gasteiger partial charge is 0.481 e. The van der Waals surface area contributed by atoms with E-state index in [4.69, 9.17) is 4.74 Å². The summed E-state index contributed by atoms with van der Waals surface area (Å²) in [6.45, 7) is 0. The fourth-order valence-electron chi connectivity index (χ4n) is 0.679. The van der Waals surface area contributed by atoms with Crippen LogP contribution in [-0.4, -0.2) is 18.5 Å². The van der Waals surface area contributed by atoms with Crippen LogP contribution < -0.4 is 10.1 Å². The third-order valence-corrected chi connectivity index (χ3v) is 1.17. The van der Waals surface area contributed by atoms with E-state index in [1.165, 1.54) is 7.11 Å². The van der Waals surface area contributed by atoms with Crippen LogP contribution in [0, 0.1) is 0 Å². The van der Waals surface area contributed by atoms with Gasteiger partial charge >= 0.3 is 0 Å². The van der Waals surface area contributed by atoms with Gasteiger partial charge in [0.15, 0.2) is 0 Å². The van der Waals surface area contributed by atoms with E-state index in [0.717, 1.165) is 0 Å². The molecule has 0 radical (unpaired) electrons. The van der Waals surface area contributed by atoms with E-state index >= 15 is 0 Å². The van der Waals surface area contributed by atoms with Crippen molar-refractivity contribution in [2.24, 2.45) is 0 Å². The number of carbonyl (C=O) groups is 1. The summed E-state index contributed by atoms with van der Waals surface area (Å²) < 4.78 is 4.83. The minimum Gasteiger partial charge on any atom is -0.481 e. The molecule has 58 valence electrons. The topological polar surface area (TPSA) is 51.2 Å². The number of ether oxygens (including phenoxy) is 1. The van der Waals surface area contributed by atoms with Gasteiger partial charge < -0.3 is 10.1 Å². The number of hydrogen-bond donors (Lipinski definition) is 1. The molecule has 1 aromatic heterocycles. The molecule has 0 saturated heterocycles. The third-order valence-electron chi connectivity index (χ3n) is 1.17. The Bertz CT molecular complexity index is 250. The van der Waals surface area contributed by atoms with E-state index in [1.807, 2.05) is 0 Å². The summed E-state index contributed by atoms with van der Waals surface area (Å²) in [6.07, 6.45) is 2.17. The number of aromatic nitrogens is 1. The van der Waals surface area contributed by atoms with Crippen molar-refractivity contribution in [3.8, 4) is 5.88 Å². The second-order valence-corrected chi connectivity index (χ2v) is 1.85. The molecule has 0 aliphatic heterocycles. The predicted octanol–water partition coefficient (Wildman–Crippen LogP) is 0.658. The number of hydrogen-bond acceptors (Lipinski definition) is 3. The molecule has 0 fully saturated rings. The Kier molecular flexibility index (Phi) is 2.43. The van der Waals surface area contributed by atoms with E-state index in [0.29, 0.717) is 18.0 Å². The molecule has 11 heavy (non-hydrogen) atoms. The summed E-state index contributed by atoms with van der Waals surface area (Å²) in [7, 11) is 1.52. The number of rotatable bonds is 3. The van der Waals surface area contributed by atoms with Crippen LogP contribution in [0.2, 0.25) is 0 Å². The van der Waals surface area contributed by atoms with Crippen LogP contribution in [0.3, 0.4) is 0 Å². The predicted molar refractivity (Wildman–Crippen MR) is 40.5 cm³/mol. The lowest BCUT2D eigenvalue weighted by Gasteiger charge is -2.00. The minimum absolute atomic E-state index is 0.483. The monoisotopic (exact) mass is 152 g/mol. The van der Waals surface area contributed by atoms with E-state index < -0.39 is 0 Å². The first kappa shape index (κ1) is 7.53. The Morgan fingerprint density at radius 2 is 2.55 bits per heavy atom. The molecule has 4 heteroatoms. The molecule has 1 heterocycles. The smallest absolute Gasteiger partial charge is 0.214 e. The second kappa shape index (κ2) is 3.55. The van der Waals surface area contributed by atoms with Gasteiger partial charge in [-0.25, -0.2) is 4.98 Å². The maximum absolute atomic E-state index is 10.0. The lowest BCUT2D eigenvalue weighted by Crippen LogP contribution is -1.94. The number of nitrogens with one attached hydrogen (secondary N) is 1. The number of pyridine rings is 1. The molecule has 0 atom stereocenters. The molecule has 0 unspecified atom stereocenters. The first-order valence-corrected chi connectivity index (χ1v) is 3.07. The average Bonchev–Trinajstić information content (AvgIpc) is 2.06. The van der Waals surface area contributed by atoms with Gasteiger partial charge in [0.25, 0.3) is 0 Å². The quantitative estimate of drug-likeness (QED) is 0.647. The summed E-state index contributed by atoms with van der Waals surface area (Å²) in [5.41, 5.74) is 0.673. The summed E-state index contributed by atoms with van der Waals surface area (Å²) in [6, 6.07) is 3.31. The van der Waals surface area contributed by atoms with Gasteiger partial charge in [0, 0.05) is 18.0 Å². The minimum atomic E-state index is 0.483. The Morgan fingerprint density at radius 3 is 3.18 bits per heavy atom. The van der Waals surface area contributed by atoms with Crippen molar-refractivity contribution in [2.45, 2.75) is 0 Å². The highest BCUT2D eigenvalue weighted by Gasteiger charge is 1.93. The first-order valence-electron chi connectivity index (χ1n) is 3.07. The fourth-order valence-corrected chi connectivity index (χ4v) is 0.679. The van der Waals surface area contributed by atoms with Gasteiger partial charge in [-0.1, -0.05) is 0 Å². The van der Waals surface area contributed by atoms with Crippen LogP contribution in [-0.2, 0) is 4.79 Å². The average molecular weight is 152 g/mol. The molecule has 0 aliphatic carbocycles. The Morgan fingerprint density at radius 1 is 1.73 bits per heavy atom. The zero-order valence-corrected chi connectivity index (χ0v) is 6.07. The van der Waals surface area contributed by atoms with Crippen molar-refractivity contribution in [3.05, 3.63) is 18.3 Å². The number of methoxy groups -OCH3 is 1. The lowest BCUT2D eigenvalue weighted by atomic mass is 10.4. The zero-order valence-electron chi connectivity index (χ0n) is 6.07. The van der Waals surface area contributed by atoms with E-state index in [2.05, 4.69) is 10.3 Å². The second-order valence-electron chi connectivity index (χ2n) is 1.85. The highest BCUT2D eigenvalue weighted by Crippen LogP contribution is 2.11. The zero-order chi connectivity index (χ0) is 8.10. The number of nitrogens with zero attached hydrogens (tertiary/aromatic N) is 1. The van der Waals surface area contributed by atoms with Crippen molar-refractivity contribution in [3.63, 3.8) is 0 Å². The summed E-state index contributed by atoms with van der Waals surface area (Å²) in [5.74, 6) is 0.483. The highest BCUT2D eigenvalue weighted by molar-refractivity contribution is 5.71. The molecule has 0 bridgehead atoms. The van der Waals surface area contributed by atoms with Crippen LogP contribution in [0.1, 0.15) is 0 Å². The summed E-state index contributed by atoms with van der Waals surface area (Å²) in [5, 5.41) is 2.48. The number of carbonyl (C=O) groups excluding carboxylic acids is 1. The molecule has 1 N–H and O–H groups in total. The summed E-state index contributed by atoms with van der Waals surface area (Å²) >= 11 is 0. The van der Waals surface area contributed by atoms with Crippen molar-refractivity contribution in [1.29, 1.82) is 0 Å². The molecule has 1 amide bonds. The molecule has 1 rings (SSSR count). The Labute approximate surface area is 64.2 Å². The van der Waals surface area contributed by atoms with Gasteiger partial charge in [-0.15, -0.1) is 0 Å². The van der Waals surface area contributed by atoms with Crippen LogP contribution in [0.25, 0.3) is 0 Å². The van der Waals surface area contributed by atoms with Crippen molar-refractivity contribution >= 4 is 12.1 Å². The normalized spacial score (nSPS) is 8.82. The third kappa shape index (κ3) is 1.93. The fraction of sp³-hybridized carbons (Fsp3) is 0.143. The van der Waals surface area contributed by atoms with Gasteiger partial charge in [0.05, 0.1) is 7.11 Å². The highest BCUT2D eigenvalue weighted by atomic mass is 16.5. The van der Waals surface area contributed by atoms with Gasteiger partial charge in [-0.05, 0) is 6.07 Å². The summed E-state index contributed by atoms with van der Waals surface area (Å²) in [4.78, 5) is 13.9. The molecule has 4 nitrogen and oxygen atoms in total. The van der Waals surface area contributed by atoms with Gasteiger partial charge in [-0.2, -0.15) is 0 Å². The van der Waals surface area contributed by atoms with Crippen LogP contribution in [0.15, 0.2) is 18.3 Å². The molecular formula is C7H8N2O2. The van der Waals surface area contributed by atoms with Crippen molar-refractivity contribution in [2.75, 3.05) is 12.4 Å². The molecular weight excluding hydrogens is 144 g/mol. The molecule has 1 aromatic rings. The Hall–Kier alpha value is -1.58. The van der Waals surface area contributed by atoms with Gasteiger partial charge in [0.1, 0.15) is 0 Å². The standard InChI is InChI=1S/C7H8N2O2/c1-11-7-4-6(9-5-10)2-3-8-7/h2-5H,1H3,(H,8,9,10). The lowest BCUT2D eigenvalue weighted by molar-refractivity contribution is -0.105. The van der Waals surface area contributed by atoms with E-state index in [-0.39, 0.29) is 0 Å². The maximum Gasteiger partial charge on any atom is 0.214 e. The number of amides is 1. The van der Waals surface area contributed by atoms with E-state index in [1.54, 1.807) is 18.3 Å². The van der Waals surface area contributed by atoms with E-state index in [9.17, 15) is 4.79 Å². The SMILES string of the molecule is COc1cc(NC=O)ccn1. The van der Waals surface area contributed by atoms with Gasteiger partial charge in [0.2, 0.25) is 12.3 Å². The van der Waals surface area contributed by atoms with Gasteiger partial charge in [-0.3, -0.25) is 4.79 Å². The van der Waals surface area contributed by atoms with Crippen LogP contribution >= 0.6 is 0 Å². The van der Waals surface area contributed by atoms with Crippen LogP contribution in [0.4, 0.5) is 5.69 Å². The van der Waals surface area contributed by atoms with Crippen molar-refractivity contribution < 1.29 is 9.53 Å². The molecule has 0 spiro atoms. The van der Waals surface area contributed by atoms with Crippen LogP contribution in [0.5, 0.6) is 5.88 Å². The maximum atomic E-state index is 10.0. The molecule has 0 aliphatic rings. The first-order chi connectivity index (χ1) is 5.36. The van der Waals surface area contributed by atoms with Crippen molar-refractivity contribution in [1.82, 2.24) is 4.98 Å². The molecule has 0 aromatic carbocycles.